The summed E-state index contributed by atoms with van der Waals surface area (Å²) >= 11 is 5.92. The molecule has 2 aromatic rings. The number of benzene rings is 1. The predicted octanol–water partition coefficient (Wildman–Crippen LogP) is 2.96. The van der Waals surface area contributed by atoms with Gasteiger partial charge in [0.15, 0.2) is 0 Å². The highest BCUT2D eigenvalue weighted by Crippen LogP contribution is 2.16. The van der Waals surface area contributed by atoms with Crippen LogP contribution in [0.25, 0.3) is 6.08 Å². The monoisotopic (exact) mass is 372 g/mol. The number of carbonyl (C=O) groups is 1. The number of hydrogen-bond donors (Lipinski definition) is 2. The van der Waals surface area contributed by atoms with Crippen LogP contribution >= 0.6 is 11.6 Å². The Bertz CT molecular complexity index is 762. The summed E-state index contributed by atoms with van der Waals surface area (Å²) in [5.74, 6) is -0.291. The molecule has 1 aromatic carbocycles. The second-order valence-corrected chi connectivity index (χ2v) is 6.74. The maximum atomic E-state index is 10.5. The van der Waals surface area contributed by atoms with E-state index in [2.05, 4.69) is 32.3 Å². The molecule has 1 fully saturated rings. The fourth-order valence-electron chi connectivity index (χ4n) is 2.96. The van der Waals surface area contributed by atoms with E-state index >= 15 is 0 Å². The van der Waals surface area contributed by atoms with Crippen LogP contribution in [0.2, 0.25) is 5.02 Å². The zero-order valence-corrected chi connectivity index (χ0v) is 15.1. The van der Waals surface area contributed by atoms with Gasteiger partial charge in [0, 0.05) is 36.8 Å². The molecule has 26 heavy (non-hydrogen) atoms. The van der Waals surface area contributed by atoms with Gasteiger partial charge < -0.3 is 15.3 Å². The Morgan fingerprint density at radius 2 is 2.12 bits per heavy atom. The molecule has 1 aliphatic rings. The predicted molar refractivity (Wildman–Crippen MR) is 102 cm³/mol. The fraction of sp³-hybridized carbons (Fsp3) is 0.316. The van der Waals surface area contributed by atoms with Gasteiger partial charge in [-0.05, 0) is 36.6 Å². The van der Waals surface area contributed by atoms with E-state index < -0.39 is 5.97 Å². The van der Waals surface area contributed by atoms with E-state index in [1.165, 1.54) is 11.6 Å². The molecule has 7 heteroatoms. The first kappa shape index (κ1) is 18.4. The topological polar surface area (TPSA) is 78.3 Å². The average molecular weight is 373 g/mol. The number of nitrogens with one attached hydrogen (secondary N) is 1. The van der Waals surface area contributed by atoms with E-state index in [9.17, 15) is 4.79 Å². The molecular formula is C19H21ClN4O2. The Labute approximate surface area is 157 Å². The van der Waals surface area contributed by atoms with Gasteiger partial charge in [-0.3, -0.25) is 4.98 Å². The van der Waals surface area contributed by atoms with Crippen LogP contribution in [0.1, 0.15) is 17.7 Å². The number of aromatic nitrogens is 2. The van der Waals surface area contributed by atoms with Gasteiger partial charge in [0.2, 0.25) is 0 Å². The quantitative estimate of drug-likeness (QED) is 0.727. The minimum absolute atomic E-state index is 0.343. The van der Waals surface area contributed by atoms with Crippen LogP contribution in [0.4, 0.5) is 5.82 Å². The van der Waals surface area contributed by atoms with Crippen molar-refractivity contribution in [2.24, 2.45) is 0 Å². The molecule has 1 aliphatic heterocycles. The van der Waals surface area contributed by atoms with Gasteiger partial charge in [-0.15, -0.1) is 0 Å². The van der Waals surface area contributed by atoms with Gasteiger partial charge in [0.25, 0.3) is 0 Å². The van der Waals surface area contributed by atoms with Crippen LogP contribution in [-0.2, 0) is 11.2 Å². The van der Waals surface area contributed by atoms with Gasteiger partial charge in [-0.1, -0.05) is 23.7 Å². The molecule has 1 saturated heterocycles. The van der Waals surface area contributed by atoms with Gasteiger partial charge in [0.1, 0.15) is 5.82 Å². The molecule has 2 N–H and O–H groups in total. The molecule has 1 aromatic heterocycles. The van der Waals surface area contributed by atoms with E-state index in [0.29, 0.717) is 17.6 Å². The second kappa shape index (κ2) is 8.78. The van der Waals surface area contributed by atoms with E-state index in [1.807, 2.05) is 12.1 Å². The highest BCUT2D eigenvalue weighted by molar-refractivity contribution is 6.30. The third kappa shape index (κ3) is 5.54. The first-order valence-electron chi connectivity index (χ1n) is 8.55. The highest BCUT2D eigenvalue weighted by Gasteiger charge is 2.22. The van der Waals surface area contributed by atoms with Crippen molar-refractivity contribution in [3.8, 4) is 0 Å². The van der Waals surface area contributed by atoms with Gasteiger partial charge in [0.05, 0.1) is 18.1 Å². The number of rotatable bonds is 7. The molecule has 0 unspecified atom stereocenters. The largest absolute Gasteiger partial charge is 0.478 e. The standard InChI is InChI=1S/C19H21ClN4O2/c20-15-3-1-14(2-4-15)7-9-24-10-8-17(13-24)23-18-12-21-16(11-22-18)5-6-19(25)26/h1-6,11-12,17H,7-10,13H2,(H,22,23)(H,25,26)/t17-/m1/s1. The lowest BCUT2D eigenvalue weighted by molar-refractivity contribution is -0.131. The molecule has 2 heterocycles. The van der Waals surface area contributed by atoms with Crippen molar-refractivity contribution in [2.45, 2.75) is 18.9 Å². The molecule has 0 amide bonds. The molecule has 0 aliphatic carbocycles. The van der Waals surface area contributed by atoms with Gasteiger partial charge in [-0.25, -0.2) is 9.78 Å². The summed E-state index contributed by atoms with van der Waals surface area (Å²) in [4.78, 5) is 21.4. The van der Waals surface area contributed by atoms with Gasteiger partial charge >= 0.3 is 5.97 Å². The SMILES string of the molecule is O=C(O)C=Cc1cnc(N[C@@H]2CCN(CCc3ccc(Cl)cc3)C2)cn1. The smallest absolute Gasteiger partial charge is 0.328 e. The Morgan fingerprint density at radius 1 is 1.31 bits per heavy atom. The minimum atomic E-state index is -1.00. The Hall–Kier alpha value is -2.44. The van der Waals surface area contributed by atoms with E-state index in [1.54, 1.807) is 12.4 Å². The summed E-state index contributed by atoms with van der Waals surface area (Å²) < 4.78 is 0. The number of aliphatic carboxylic acids is 1. The van der Waals surface area contributed by atoms with E-state index in [4.69, 9.17) is 16.7 Å². The van der Waals surface area contributed by atoms with Crippen LogP contribution in [0.15, 0.2) is 42.7 Å². The van der Waals surface area contributed by atoms with Crippen molar-refractivity contribution in [1.82, 2.24) is 14.9 Å². The number of halogens is 1. The van der Waals surface area contributed by atoms with Crippen molar-refractivity contribution in [2.75, 3.05) is 25.0 Å². The number of nitrogens with zero attached hydrogens (tertiary/aromatic N) is 3. The first-order chi connectivity index (χ1) is 12.6. The fourth-order valence-corrected chi connectivity index (χ4v) is 3.08. The van der Waals surface area contributed by atoms with E-state index in [0.717, 1.165) is 43.6 Å². The summed E-state index contributed by atoms with van der Waals surface area (Å²) in [6.45, 7) is 3.04. The lowest BCUT2D eigenvalue weighted by Gasteiger charge is -2.17. The summed E-state index contributed by atoms with van der Waals surface area (Å²) in [5, 5.41) is 12.8. The number of hydrogen-bond acceptors (Lipinski definition) is 5. The third-order valence-corrected chi connectivity index (χ3v) is 4.57. The van der Waals surface area contributed by atoms with Crippen molar-refractivity contribution in [3.63, 3.8) is 0 Å². The van der Waals surface area contributed by atoms with Crippen molar-refractivity contribution in [3.05, 3.63) is 59.0 Å². The molecule has 6 nitrogen and oxygen atoms in total. The molecule has 0 bridgehead atoms. The molecular weight excluding hydrogens is 352 g/mol. The molecule has 3 rings (SSSR count). The van der Waals surface area contributed by atoms with Crippen molar-refractivity contribution < 1.29 is 9.90 Å². The van der Waals surface area contributed by atoms with Crippen LogP contribution in [0.3, 0.4) is 0 Å². The minimum Gasteiger partial charge on any atom is -0.478 e. The van der Waals surface area contributed by atoms with Crippen LogP contribution in [0, 0.1) is 0 Å². The van der Waals surface area contributed by atoms with Crippen LogP contribution in [-0.4, -0.2) is 51.6 Å². The maximum absolute atomic E-state index is 10.5. The first-order valence-corrected chi connectivity index (χ1v) is 8.93. The zero-order valence-electron chi connectivity index (χ0n) is 14.3. The molecule has 0 saturated carbocycles. The normalized spacial score (nSPS) is 17.7. The van der Waals surface area contributed by atoms with Crippen LogP contribution in [0.5, 0.6) is 0 Å². The number of anilines is 1. The van der Waals surface area contributed by atoms with Crippen molar-refractivity contribution >= 4 is 29.5 Å². The maximum Gasteiger partial charge on any atom is 0.328 e. The number of carboxylic acid groups (broad SMARTS) is 1. The lowest BCUT2D eigenvalue weighted by atomic mass is 10.1. The number of carboxylic acids is 1. The second-order valence-electron chi connectivity index (χ2n) is 6.31. The highest BCUT2D eigenvalue weighted by atomic mass is 35.5. The number of likely N-dealkylation sites (tertiary alicyclic amines) is 1. The lowest BCUT2D eigenvalue weighted by Crippen LogP contribution is -2.28. The molecule has 0 radical (unpaired) electrons. The summed E-state index contributed by atoms with van der Waals surface area (Å²) in [7, 11) is 0. The Morgan fingerprint density at radius 3 is 2.81 bits per heavy atom. The van der Waals surface area contributed by atoms with E-state index in [-0.39, 0.29) is 0 Å². The Balaban J connectivity index is 1.45. The summed E-state index contributed by atoms with van der Waals surface area (Å²) in [6, 6.07) is 8.35. The van der Waals surface area contributed by atoms with Crippen LogP contribution < -0.4 is 5.32 Å². The summed E-state index contributed by atoms with van der Waals surface area (Å²) in [5.41, 5.74) is 1.82. The average Bonchev–Trinajstić information content (AvgIpc) is 3.08. The van der Waals surface area contributed by atoms with Gasteiger partial charge in [-0.2, -0.15) is 0 Å². The molecule has 1 atom stereocenters. The zero-order chi connectivity index (χ0) is 18.4. The molecule has 136 valence electrons. The summed E-state index contributed by atoms with van der Waals surface area (Å²) in [6.07, 6.45) is 7.74. The van der Waals surface area contributed by atoms with Crippen molar-refractivity contribution in [1.29, 1.82) is 0 Å². The third-order valence-electron chi connectivity index (χ3n) is 4.32. The molecule has 0 spiro atoms. The Kier molecular flexibility index (Phi) is 6.20.